The van der Waals surface area contributed by atoms with Crippen LogP contribution in [0.25, 0.3) is 22.2 Å². The van der Waals surface area contributed by atoms with Crippen LogP contribution in [0.5, 0.6) is 5.75 Å². The van der Waals surface area contributed by atoms with Crippen molar-refractivity contribution in [3.05, 3.63) is 28.8 Å². The molecule has 5 heteroatoms. The fraction of sp³-hybridized carbons (Fsp3) is 0.214. The highest BCUT2D eigenvalue weighted by Crippen LogP contribution is 2.37. The second-order valence-corrected chi connectivity index (χ2v) is 5.73. The number of nitrogens with one attached hydrogen (secondary N) is 1. The smallest absolute Gasteiger partial charge is 0.180 e. The summed E-state index contributed by atoms with van der Waals surface area (Å²) in [6, 6.07) is 6.00. The molecule has 0 radical (unpaired) electrons. The van der Waals surface area contributed by atoms with Gasteiger partial charge in [0.05, 0.1) is 12.8 Å². The van der Waals surface area contributed by atoms with Crippen LogP contribution in [0.15, 0.2) is 18.2 Å². The Labute approximate surface area is 115 Å². The Morgan fingerprint density at radius 3 is 2.74 bits per heavy atom. The van der Waals surface area contributed by atoms with E-state index in [9.17, 15) is 0 Å². The van der Waals surface area contributed by atoms with E-state index >= 15 is 0 Å². The number of fused-ring (bicyclic) bond motifs is 1. The molecule has 0 unspecified atom stereocenters. The van der Waals surface area contributed by atoms with Gasteiger partial charge in [-0.15, -0.1) is 11.3 Å². The second-order valence-electron chi connectivity index (χ2n) is 4.49. The van der Waals surface area contributed by atoms with Gasteiger partial charge < -0.3 is 15.5 Å². The Morgan fingerprint density at radius 2 is 2.11 bits per heavy atom. The van der Waals surface area contributed by atoms with Crippen LogP contribution in [-0.4, -0.2) is 17.1 Å². The first kappa shape index (κ1) is 12.0. The average molecular weight is 273 g/mol. The predicted octanol–water partition coefficient (Wildman–Crippen LogP) is 3.50. The van der Waals surface area contributed by atoms with Crippen molar-refractivity contribution in [1.82, 2.24) is 9.97 Å². The third kappa shape index (κ3) is 1.86. The first-order valence-electron chi connectivity index (χ1n) is 5.99. The molecule has 3 N–H and O–H groups in total. The summed E-state index contributed by atoms with van der Waals surface area (Å²) in [6.45, 7) is 4.10. The number of H-pyrrole nitrogens is 1. The van der Waals surface area contributed by atoms with Gasteiger partial charge in [0.1, 0.15) is 5.75 Å². The molecule has 4 nitrogen and oxygen atoms in total. The number of aromatic nitrogens is 2. The minimum Gasteiger partial charge on any atom is -0.497 e. The molecule has 0 bridgehead atoms. The summed E-state index contributed by atoms with van der Waals surface area (Å²) < 4.78 is 5.30. The lowest BCUT2D eigenvalue weighted by Gasteiger charge is -2.02. The number of benzene rings is 1. The number of aromatic amines is 1. The Hall–Kier alpha value is -2.01. The molecule has 2 heterocycles. The molecular weight excluding hydrogens is 258 g/mol. The second kappa shape index (κ2) is 4.28. The molecule has 2 aromatic heterocycles. The van der Waals surface area contributed by atoms with Gasteiger partial charge in [-0.3, -0.25) is 0 Å². The van der Waals surface area contributed by atoms with E-state index in [0.29, 0.717) is 5.13 Å². The lowest BCUT2D eigenvalue weighted by Crippen LogP contribution is -1.86. The molecule has 1 aromatic carbocycles. The van der Waals surface area contributed by atoms with Crippen LogP contribution < -0.4 is 10.5 Å². The van der Waals surface area contributed by atoms with E-state index in [1.54, 1.807) is 7.11 Å². The quantitative estimate of drug-likeness (QED) is 0.751. The van der Waals surface area contributed by atoms with Crippen molar-refractivity contribution >= 4 is 27.4 Å². The van der Waals surface area contributed by atoms with Gasteiger partial charge in [-0.25, -0.2) is 4.98 Å². The van der Waals surface area contributed by atoms with Crippen LogP contribution in [0.4, 0.5) is 5.13 Å². The fourth-order valence-electron chi connectivity index (χ4n) is 2.39. The van der Waals surface area contributed by atoms with Gasteiger partial charge in [0.2, 0.25) is 0 Å². The molecule has 0 spiro atoms. The standard InChI is InChI=1S/C14H15N3OS/c1-7-12(13-8(2)19-14(15)17-13)10-6-9(18-3)4-5-11(10)16-7/h4-6,16H,1-3H3,(H2,15,17). The molecule has 0 saturated heterocycles. The van der Waals surface area contributed by atoms with Gasteiger partial charge in [0.25, 0.3) is 0 Å². The summed E-state index contributed by atoms with van der Waals surface area (Å²) in [5.74, 6) is 0.841. The number of thiazole rings is 1. The van der Waals surface area contributed by atoms with Crippen molar-refractivity contribution < 1.29 is 4.74 Å². The van der Waals surface area contributed by atoms with Gasteiger partial charge in [-0.05, 0) is 32.0 Å². The maximum Gasteiger partial charge on any atom is 0.180 e. The summed E-state index contributed by atoms with van der Waals surface area (Å²) in [4.78, 5) is 8.97. The molecule has 0 amide bonds. The van der Waals surface area contributed by atoms with Crippen LogP contribution in [0, 0.1) is 13.8 Å². The van der Waals surface area contributed by atoms with Crippen LogP contribution in [0.3, 0.4) is 0 Å². The summed E-state index contributed by atoms with van der Waals surface area (Å²) >= 11 is 1.52. The Kier molecular flexibility index (Phi) is 2.71. The predicted molar refractivity (Wildman–Crippen MR) is 79.8 cm³/mol. The van der Waals surface area contributed by atoms with Crippen LogP contribution in [-0.2, 0) is 0 Å². The third-order valence-corrected chi connectivity index (χ3v) is 4.04. The number of rotatable bonds is 2. The molecule has 0 aliphatic rings. The van der Waals surface area contributed by atoms with Crippen molar-refractivity contribution in [1.29, 1.82) is 0 Å². The van der Waals surface area contributed by atoms with E-state index in [-0.39, 0.29) is 0 Å². The third-order valence-electron chi connectivity index (χ3n) is 3.24. The number of aryl methyl sites for hydroxylation is 2. The number of nitrogens with two attached hydrogens (primary N) is 1. The lowest BCUT2D eigenvalue weighted by atomic mass is 10.1. The Morgan fingerprint density at radius 1 is 1.32 bits per heavy atom. The normalized spacial score (nSPS) is 11.1. The van der Waals surface area contributed by atoms with E-state index < -0.39 is 0 Å². The molecule has 98 valence electrons. The highest BCUT2D eigenvalue weighted by Gasteiger charge is 2.16. The first-order valence-corrected chi connectivity index (χ1v) is 6.81. The maximum absolute atomic E-state index is 5.81. The van der Waals surface area contributed by atoms with Crippen molar-refractivity contribution in [3.8, 4) is 17.0 Å². The number of nitrogens with zero attached hydrogens (tertiary/aromatic N) is 1. The van der Waals surface area contributed by atoms with E-state index in [2.05, 4.69) is 16.9 Å². The molecule has 0 fully saturated rings. The summed E-state index contributed by atoms with van der Waals surface area (Å²) in [6.07, 6.45) is 0. The molecule has 3 aromatic rings. The molecule has 0 saturated carbocycles. The van der Waals surface area contributed by atoms with Gasteiger partial charge in [-0.2, -0.15) is 0 Å². The summed E-state index contributed by atoms with van der Waals surface area (Å²) in [5.41, 5.74) is 10.1. The summed E-state index contributed by atoms with van der Waals surface area (Å²) in [5, 5.41) is 1.72. The van der Waals surface area contributed by atoms with Crippen molar-refractivity contribution in [2.24, 2.45) is 0 Å². The number of methoxy groups -OCH3 is 1. The minimum absolute atomic E-state index is 0.601. The Balaban J connectivity index is 2.33. The number of hydrogen-bond donors (Lipinski definition) is 2. The zero-order valence-electron chi connectivity index (χ0n) is 11.1. The summed E-state index contributed by atoms with van der Waals surface area (Å²) in [7, 11) is 1.67. The van der Waals surface area contributed by atoms with Crippen molar-refractivity contribution in [2.45, 2.75) is 13.8 Å². The minimum atomic E-state index is 0.601. The van der Waals surface area contributed by atoms with Crippen LogP contribution >= 0.6 is 11.3 Å². The average Bonchev–Trinajstić information content (AvgIpc) is 2.86. The monoisotopic (exact) mass is 273 g/mol. The number of anilines is 1. The van der Waals surface area contributed by atoms with Gasteiger partial charge in [0, 0.05) is 27.0 Å². The van der Waals surface area contributed by atoms with Gasteiger partial charge in [-0.1, -0.05) is 0 Å². The lowest BCUT2D eigenvalue weighted by molar-refractivity contribution is 0.415. The van der Waals surface area contributed by atoms with E-state index in [1.165, 1.54) is 11.3 Å². The number of hydrogen-bond acceptors (Lipinski definition) is 4. The van der Waals surface area contributed by atoms with Crippen molar-refractivity contribution in [3.63, 3.8) is 0 Å². The zero-order chi connectivity index (χ0) is 13.6. The maximum atomic E-state index is 5.81. The number of ether oxygens (including phenoxy) is 1. The van der Waals surface area contributed by atoms with Crippen LogP contribution in [0.2, 0.25) is 0 Å². The van der Waals surface area contributed by atoms with E-state index in [4.69, 9.17) is 10.5 Å². The fourth-order valence-corrected chi connectivity index (χ4v) is 3.08. The van der Waals surface area contributed by atoms with Crippen LogP contribution in [0.1, 0.15) is 10.6 Å². The molecule has 3 rings (SSSR count). The molecule has 0 aliphatic heterocycles. The molecule has 0 atom stereocenters. The van der Waals surface area contributed by atoms with Gasteiger partial charge in [0.15, 0.2) is 5.13 Å². The molecular formula is C14H15N3OS. The first-order chi connectivity index (χ1) is 9.10. The highest BCUT2D eigenvalue weighted by atomic mass is 32.1. The zero-order valence-corrected chi connectivity index (χ0v) is 11.9. The largest absolute Gasteiger partial charge is 0.497 e. The van der Waals surface area contributed by atoms with Gasteiger partial charge >= 0.3 is 0 Å². The topological polar surface area (TPSA) is 63.9 Å². The highest BCUT2D eigenvalue weighted by molar-refractivity contribution is 7.15. The number of nitrogen functional groups attached to an aromatic ring is 1. The Bertz CT molecular complexity index is 757. The van der Waals surface area contributed by atoms with E-state index in [0.717, 1.165) is 38.5 Å². The molecule has 19 heavy (non-hydrogen) atoms. The van der Waals surface area contributed by atoms with E-state index in [1.807, 2.05) is 25.1 Å². The SMILES string of the molecule is COc1ccc2[nH]c(C)c(-c3nc(N)sc3C)c2c1. The molecule has 0 aliphatic carbocycles. The van der Waals surface area contributed by atoms with Crippen molar-refractivity contribution in [2.75, 3.05) is 12.8 Å².